The molecule has 4 nitrogen and oxygen atoms in total. The number of benzene rings is 1. The predicted molar refractivity (Wildman–Crippen MR) is 76.3 cm³/mol. The van der Waals surface area contributed by atoms with Gasteiger partial charge >= 0.3 is 0 Å². The second-order valence-electron chi connectivity index (χ2n) is 3.98. The summed E-state index contributed by atoms with van der Waals surface area (Å²) in [5.41, 5.74) is 7.58. The van der Waals surface area contributed by atoms with Crippen molar-refractivity contribution in [2.45, 2.75) is 6.42 Å². The highest BCUT2D eigenvalue weighted by molar-refractivity contribution is 7.14. The van der Waals surface area contributed by atoms with Crippen molar-refractivity contribution in [1.82, 2.24) is 10.1 Å². The molecule has 0 fully saturated rings. The van der Waals surface area contributed by atoms with Crippen LogP contribution in [0, 0.1) is 0 Å². The van der Waals surface area contributed by atoms with Crippen LogP contribution in [0.2, 0.25) is 5.02 Å². The van der Waals surface area contributed by atoms with Gasteiger partial charge in [-0.25, -0.2) is 0 Å². The highest BCUT2D eigenvalue weighted by Crippen LogP contribution is 2.29. The number of nitrogen functional groups attached to an aromatic ring is 1. The molecular weight excluding hydrogens is 282 g/mol. The molecular formula is C13H10ClN3OS. The Kier molecular flexibility index (Phi) is 3.23. The van der Waals surface area contributed by atoms with Gasteiger partial charge in [0, 0.05) is 11.4 Å². The van der Waals surface area contributed by atoms with Gasteiger partial charge in [0.1, 0.15) is 0 Å². The van der Waals surface area contributed by atoms with Crippen molar-refractivity contribution in [3.05, 3.63) is 52.1 Å². The molecule has 96 valence electrons. The molecule has 0 unspecified atom stereocenters. The predicted octanol–water partition coefficient (Wildman–Crippen LogP) is 3.62. The third kappa shape index (κ3) is 2.47. The zero-order chi connectivity index (χ0) is 13.2. The van der Waals surface area contributed by atoms with E-state index in [9.17, 15) is 0 Å². The highest BCUT2D eigenvalue weighted by atomic mass is 35.5. The first-order valence-electron chi connectivity index (χ1n) is 5.63. The molecule has 19 heavy (non-hydrogen) atoms. The Morgan fingerprint density at radius 2 is 2.11 bits per heavy atom. The fraction of sp³-hybridized carbons (Fsp3) is 0.0769. The Bertz CT molecular complexity index is 707. The number of nitrogens with zero attached hydrogens (tertiary/aromatic N) is 2. The summed E-state index contributed by atoms with van der Waals surface area (Å²) in [6.07, 6.45) is 0.535. The summed E-state index contributed by atoms with van der Waals surface area (Å²) in [5.74, 6) is 1.04. The lowest BCUT2D eigenvalue weighted by Gasteiger charge is -1.98. The maximum atomic E-state index is 6.10. The van der Waals surface area contributed by atoms with Gasteiger partial charge in [0.05, 0.1) is 10.6 Å². The SMILES string of the molecule is Nc1sccc1-c1nc(Cc2ccccc2Cl)no1. The Morgan fingerprint density at radius 1 is 1.26 bits per heavy atom. The molecule has 3 rings (SSSR count). The van der Waals surface area contributed by atoms with Crippen LogP contribution < -0.4 is 5.73 Å². The average molecular weight is 292 g/mol. The summed E-state index contributed by atoms with van der Waals surface area (Å²) in [6.45, 7) is 0. The second-order valence-corrected chi connectivity index (χ2v) is 5.34. The van der Waals surface area contributed by atoms with Crippen LogP contribution in [0.25, 0.3) is 11.5 Å². The lowest BCUT2D eigenvalue weighted by Crippen LogP contribution is -1.91. The van der Waals surface area contributed by atoms with Crippen molar-refractivity contribution in [2.75, 3.05) is 5.73 Å². The summed E-state index contributed by atoms with van der Waals surface area (Å²) >= 11 is 7.55. The molecule has 0 saturated heterocycles. The molecule has 0 aliphatic heterocycles. The van der Waals surface area contributed by atoms with E-state index in [0.717, 1.165) is 11.1 Å². The number of thiophene rings is 1. The molecule has 0 spiro atoms. The van der Waals surface area contributed by atoms with Gasteiger partial charge in [-0.2, -0.15) is 4.98 Å². The molecule has 0 aliphatic carbocycles. The lowest BCUT2D eigenvalue weighted by molar-refractivity contribution is 0.424. The molecule has 2 N–H and O–H groups in total. The van der Waals surface area contributed by atoms with Crippen LogP contribution in [-0.2, 0) is 6.42 Å². The molecule has 0 amide bonds. The van der Waals surface area contributed by atoms with Crippen LogP contribution in [0.3, 0.4) is 0 Å². The molecule has 0 aliphatic rings. The zero-order valence-electron chi connectivity index (χ0n) is 9.84. The number of rotatable bonds is 3. The van der Waals surface area contributed by atoms with Gasteiger partial charge in [-0.3, -0.25) is 0 Å². The fourth-order valence-electron chi connectivity index (χ4n) is 1.74. The molecule has 0 saturated carbocycles. The van der Waals surface area contributed by atoms with Gasteiger partial charge in [0.15, 0.2) is 5.82 Å². The Morgan fingerprint density at radius 3 is 2.84 bits per heavy atom. The van der Waals surface area contributed by atoms with Gasteiger partial charge in [0.25, 0.3) is 5.89 Å². The van der Waals surface area contributed by atoms with Gasteiger partial charge in [-0.1, -0.05) is 35.0 Å². The summed E-state index contributed by atoms with van der Waals surface area (Å²) < 4.78 is 5.22. The van der Waals surface area contributed by atoms with Crippen LogP contribution in [0.5, 0.6) is 0 Å². The fourth-order valence-corrected chi connectivity index (χ4v) is 2.58. The van der Waals surface area contributed by atoms with Gasteiger partial charge in [0.2, 0.25) is 0 Å². The summed E-state index contributed by atoms with van der Waals surface area (Å²) in [7, 11) is 0. The molecule has 0 radical (unpaired) electrons. The standard InChI is InChI=1S/C13H10ClN3OS/c14-10-4-2-1-3-8(10)7-11-16-13(18-17-11)9-5-6-19-12(9)15/h1-6H,7,15H2. The molecule has 2 heterocycles. The number of hydrogen-bond donors (Lipinski definition) is 1. The van der Waals surface area contributed by atoms with E-state index in [2.05, 4.69) is 10.1 Å². The minimum Gasteiger partial charge on any atom is -0.390 e. The third-order valence-corrected chi connectivity index (χ3v) is 3.81. The number of hydrogen-bond acceptors (Lipinski definition) is 5. The first kappa shape index (κ1) is 12.2. The van der Waals surface area contributed by atoms with E-state index in [0.29, 0.717) is 28.2 Å². The van der Waals surface area contributed by atoms with Crippen molar-refractivity contribution in [3.8, 4) is 11.5 Å². The van der Waals surface area contributed by atoms with Gasteiger partial charge in [-0.05, 0) is 23.1 Å². The van der Waals surface area contributed by atoms with Crippen LogP contribution in [-0.4, -0.2) is 10.1 Å². The molecule has 0 atom stereocenters. The van der Waals surface area contributed by atoms with E-state index in [4.69, 9.17) is 21.9 Å². The van der Waals surface area contributed by atoms with E-state index in [-0.39, 0.29) is 0 Å². The Balaban J connectivity index is 1.87. The van der Waals surface area contributed by atoms with Gasteiger partial charge in [-0.15, -0.1) is 11.3 Å². The van der Waals surface area contributed by atoms with Crippen LogP contribution in [0.1, 0.15) is 11.4 Å². The second kappa shape index (κ2) is 5.03. The van der Waals surface area contributed by atoms with Crippen molar-refractivity contribution < 1.29 is 4.52 Å². The summed E-state index contributed by atoms with van der Waals surface area (Å²) in [6, 6.07) is 9.47. The van der Waals surface area contributed by atoms with E-state index < -0.39 is 0 Å². The number of anilines is 1. The number of aromatic nitrogens is 2. The van der Waals surface area contributed by atoms with Crippen molar-refractivity contribution in [2.24, 2.45) is 0 Å². The normalized spacial score (nSPS) is 10.8. The van der Waals surface area contributed by atoms with E-state index in [1.54, 1.807) is 0 Å². The van der Waals surface area contributed by atoms with Gasteiger partial charge < -0.3 is 10.3 Å². The van der Waals surface area contributed by atoms with Crippen LogP contribution in [0.15, 0.2) is 40.2 Å². The minimum atomic E-state index is 0.445. The van der Waals surface area contributed by atoms with Crippen LogP contribution >= 0.6 is 22.9 Å². The molecule has 6 heteroatoms. The van der Waals surface area contributed by atoms with E-state index in [1.165, 1.54) is 11.3 Å². The summed E-state index contributed by atoms with van der Waals surface area (Å²) in [4.78, 5) is 4.34. The maximum absolute atomic E-state index is 6.10. The smallest absolute Gasteiger partial charge is 0.260 e. The highest BCUT2D eigenvalue weighted by Gasteiger charge is 2.13. The largest absolute Gasteiger partial charge is 0.390 e. The first-order chi connectivity index (χ1) is 9.24. The molecule has 1 aromatic carbocycles. The van der Waals surface area contributed by atoms with E-state index >= 15 is 0 Å². The maximum Gasteiger partial charge on any atom is 0.260 e. The molecule has 2 aromatic heterocycles. The zero-order valence-corrected chi connectivity index (χ0v) is 11.4. The van der Waals surface area contributed by atoms with Crippen molar-refractivity contribution >= 4 is 27.9 Å². The van der Waals surface area contributed by atoms with Crippen molar-refractivity contribution in [1.29, 1.82) is 0 Å². The minimum absolute atomic E-state index is 0.445. The third-order valence-electron chi connectivity index (χ3n) is 2.70. The Hall–Kier alpha value is -1.85. The number of nitrogens with two attached hydrogens (primary N) is 1. The number of halogens is 1. The molecule has 0 bridgehead atoms. The monoisotopic (exact) mass is 291 g/mol. The quantitative estimate of drug-likeness (QED) is 0.800. The average Bonchev–Trinajstić information content (AvgIpc) is 3.01. The summed E-state index contributed by atoms with van der Waals surface area (Å²) in [5, 5.41) is 7.22. The Labute approximate surface area is 118 Å². The first-order valence-corrected chi connectivity index (χ1v) is 6.89. The van der Waals surface area contributed by atoms with Crippen LogP contribution in [0.4, 0.5) is 5.00 Å². The topological polar surface area (TPSA) is 64.9 Å². The van der Waals surface area contributed by atoms with E-state index in [1.807, 2.05) is 35.7 Å². The lowest BCUT2D eigenvalue weighted by atomic mass is 10.1. The molecule has 3 aromatic rings. The van der Waals surface area contributed by atoms with Crippen molar-refractivity contribution in [3.63, 3.8) is 0 Å².